The second-order valence-electron chi connectivity index (χ2n) is 7.78. The number of nitrogens with zero attached hydrogens (tertiary/aromatic N) is 1. The number of urea groups is 1. The lowest BCUT2D eigenvalue weighted by atomic mass is 9.86. The Hall–Kier alpha value is -4.01. The molecule has 0 fully saturated rings. The summed E-state index contributed by atoms with van der Waals surface area (Å²) in [7, 11) is 1.33. The number of nitrogens with one attached hydrogen (secondary N) is 3. The predicted molar refractivity (Wildman–Crippen MR) is 125 cm³/mol. The third-order valence-corrected chi connectivity index (χ3v) is 5.59. The quantitative estimate of drug-likeness (QED) is 0.468. The Morgan fingerprint density at radius 2 is 1.68 bits per heavy atom. The molecule has 1 unspecified atom stereocenters. The summed E-state index contributed by atoms with van der Waals surface area (Å²) in [6.07, 6.45) is 0. The van der Waals surface area contributed by atoms with E-state index in [1.165, 1.54) is 31.4 Å². The number of rotatable bonds is 6. The van der Waals surface area contributed by atoms with Crippen molar-refractivity contribution in [3.8, 4) is 5.75 Å². The average Bonchev–Trinajstić information content (AvgIpc) is 3.21. The molecule has 34 heavy (non-hydrogen) atoms. The van der Waals surface area contributed by atoms with E-state index in [0.717, 1.165) is 17.8 Å². The second kappa shape index (κ2) is 10.3. The molecular formula is C25H23F3N4O2. The van der Waals surface area contributed by atoms with Crippen molar-refractivity contribution in [1.82, 2.24) is 5.32 Å². The van der Waals surface area contributed by atoms with Crippen LogP contribution in [0.15, 0.2) is 71.7 Å². The van der Waals surface area contributed by atoms with Crippen LogP contribution in [0.1, 0.15) is 11.5 Å². The Labute approximate surface area is 194 Å². The number of halogens is 3. The first kappa shape index (κ1) is 23.2. The van der Waals surface area contributed by atoms with E-state index in [0.29, 0.717) is 11.5 Å². The summed E-state index contributed by atoms with van der Waals surface area (Å²) in [6.45, 7) is 0.197. The van der Waals surface area contributed by atoms with Crippen LogP contribution in [0.25, 0.3) is 0 Å². The van der Waals surface area contributed by atoms with Gasteiger partial charge in [0, 0.05) is 54.0 Å². The van der Waals surface area contributed by atoms with Gasteiger partial charge in [-0.05, 0) is 36.4 Å². The number of carbonyl (C=O) groups excluding carboxylic acids is 1. The van der Waals surface area contributed by atoms with Crippen LogP contribution in [0.2, 0.25) is 0 Å². The van der Waals surface area contributed by atoms with Gasteiger partial charge in [-0.2, -0.15) is 0 Å². The van der Waals surface area contributed by atoms with Crippen LogP contribution < -0.4 is 20.7 Å². The molecule has 0 aromatic heterocycles. The van der Waals surface area contributed by atoms with Gasteiger partial charge in [-0.15, -0.1) is 0 Å². The zero-order chi connectivity index (χ0) is 24.1. The van der Waals surface area contributed by atoms with Crippen LogP contribution in [0, 0.1) is 23.4 Å². The van der Waals surface area contributed by atoms with E-state index in [9.17, 15) is 18.0 Å². The molecule has 2 atom stereocenters. The molecule has 3 aromatic carbocycles. The van der Waals surface area contributed by atoms with Crippen LogP contribution in [0.3, 0.4) is 0 Å². The van der Waals surface area contributed by atoms with Gasteiger partial charge in [0.2, 0.25) is 0 Å². The van der Waals surface area contributed by atoms with Gasteiger partial charge in [0.1, 0.15) is 29.0 Å². The number of benzene rings is 3. The largest absolute Gasteiger partial charge is 0.497 e. The molecule has 0 saturated heterocycles. The molecule has 0 spiro atoms. The van der Waals surface area contributed by atoms with Gasteiger partial charge in [0.15, 0.2) is 0 Å². The van der Waals surface area contributed by atoms with Crippen molar-refractivity contribution < 1.29 is 22.7 Å². The maximum absolute atomic E-state index is 14.9. The van der Waals surface area contributed by atoms with Crippen molar-refractivity contribution >= 4 is 23.2 Å². The smallest absolute Gasteiger partial charge is 0.319 e. The highest BCUT2D eigenvalue weighted by atomic mass is 19.1. The normalized spacial score (nSPS) is 17.1. The lowest BCUT2D eigenvalue weighted by Crippen LogP contribution is -2.39. The monoisotopic (exact) mass is 468 g/mol. The highest BCUT2D eigenvalue weighted by Crippen LogP contribution is 2.36. The standard InChI is InChI=1S/C25H23F3N4O2/c1-34-18-11-21(27)23(22(28)12-18)19-13-29-24(31-16-5-3-2-4-6-16)20(19)14-30-25(33)32-17-9-7-15(26)8-10-17/h2-12,19-20H,13-14H2,1H3,(H,29,31)(H2,30,32,33)/t19-,20?/m1/s1. The van der Waals surface area contributed by atoms with Gasteiger partial charge in [-0.1, -0.05) is 18.2 Å². The van der Waals surface area contributed by atoms with E-state index in [2.05, 4.69) is 20.9 Å². The van der Waals surface area contributed by atoms with E-state index in [1.54, 1.807) is 0 Å². The van der Waals surface area contributed by atoms with E-state index >= 15 is 0 Å². The molecule has 6 nitrogen and oxygen atoms in total. The predicted octanol–water partition coefficient (Wildman–Crippen LogP) is 5.16. The van der Waals surface area contributed by atoms with Crippen molar-refractivity contribution in [1.29, 1.82) is 0 Å². The van der Waals surface area contributed by atoms with Crippen molar-refractivity contribution in [3.63, 3.8) is 0 Å². The number of ether oxygens (including phenoxy) is 1. The summed E-state index contributed by atoms with van der Waals surface area (Å²) in [6, 6.07) is 16.3. The third-order valence-electron chi connectivity index (χ3n) is 5.59. The van der Waals surface area contributed by atoms with Gasteiger partial charge < -0.3 is 20.7 Å². The third kappa shape index (κ3) is 5.31. The van der Waals surface area contributed by atoms with E-state index in [4.69, 9.17) is 4.74 Å². The fourth-order valence-corrected chi connectivity index (χ4v) is 3.91. The summed E-state index contributed by atoms with van der Waals surface area (Å²) >= 11 is 0. The Balaban J connectivity index is 1.54. The zero-order valence-electron chi connectivity index (χ0n) is 18.3. The summed E-state index contributed by atoms with van der Waals surface area (Å²) in [5.41, 5.74) is 1.06. The molecule has 4 rings (SSSR count). The molecule has 0 saturated carbocycles. The number of methoxy groups -OCH3 is 1. The molecular weight excluding hydrogens is 445 g/mol. The molecule has 176 valence electrons. The van der Waals surface area contributed by atoms with Crippen molar-refractivity contribution in [3.05, 3.63) is 89.7 Å². The maximum atomic E-state index is 14.9. The Kier molecular flexibility index (Phi) is 7.01. The van der Waals surface area contributed by atoms with Gasteiger partial charge in [0.25, 0.3) is 0 Å². The second-order valence-corrected chi connectivity index (χ2v) is 7.78. The first-order valence-corrected chi connectivity index (χ1v) is 10.6. The van der Waals surface area contributed by atoms with Crippen molar-refractivity contribution in [2.75, 3.05) is 30.8 Å². The highest BCUT2D eigenvalue weighted by molar-refractivity contribution is 5.99. The molecule has 0 bridgehead atoms. The first-order chi connectivity index (χ1) is 16.4. The fourth-order valence-electron chi connectivity index (χ4n) is 3.91. The topological polar surface area (TPSA) is 74.8 Å². The lowest BCUT2D eigenvalue weighted by molar-refractivity contribution is 0.251. The number of anilines is 2. The minimum atomic E-state index is -0.737. The Bertz CT molecular complexity index is 1160. The van der Waals surface area contributed by atoms with Crippen LogP contribution in [0.5, 0.6) is 5.75 Å². The maximum Gasteiger partial charge on any atom is 0.319 e. The fraction of sp³-hybridized carbons (Fsp3) is 0.200. The Morgan fingerprint density at radius 3 is 2.32 bits per heavy atom. The molecule has 0 aliphatic carbocycles. The first-order valence-electron chi connectivity index (χ1n) is 10.6. The lowest BCUT2D eigenvalue weighted by Gasteiger charge is -2.24. The summed E-state index contributed by atoms with van der Waals surface area (Å²) < 4.78 is 47.8. The Morgan fingerprint density at radius 1 is 1.00 bits per heavy atom. The van der Waals surface area contributed by atoms with Crippen molar-refractivity contribution in [2.24, 2.45) is 10.9 Å². The number of amidine groups is 1. The molecule has 1 heterocycles. The molecule has 9 heteroatoms. The SMILES string of the molecule is COc1cc(F)c([C@@H]2CN=C(Nc3ccccc3)C2CNC(=O)Nc2ccc(F)cc2)c(F)c1. The minimum Gasteiger partial charge on any atom is -0.497 e. The molecule has 1 aliphatic heterocycles. The molecule has 1 aliphatic rings. The van der Waals surface area contributed by atoms with Gasteiger partial charge in [0.05, 0.1) is 7.11 Å². The number of amides is 2. The highest BCUT2D eigenvalue weighted by Gasteiger charge is 2.37. The number of para-hydroxylation sites is 1. The van der Waals surface area contributed by atoms with Crippen LogP contribution in [-0.4, -0.2) is 32.1 Å². The van der Waals surface area contributed by atoms with Gasteiger partial charge in [-0.25, -0.2) is 18.0 Å². The van der Waals surface area contributed by atoms with Crippen molar-refractivity contribution in [2.45, 2.75) is 5.92 Å². The average molecular weight is 468 g/mol. The molecule has 0 radical (unpaired) electrons. The summed E-state index contributed by atoms with van der Waals surface area (Å²) in [5.74, 6) is -2.49. The van der Waals surface area contributed by atoms with Crippen LogP contribution in [0.4, 0.5) is 29.3 Å². The molecule has 3 aromatic rings. The van der Waals surface area contributed by atoms with E-state index in [1.807, 2.05) is 30.3 Å². The van der Waals surface area contributed by atoms with Crippen LogP contribution in [-0.2, 0) is 0 Å². The van der Waals surface area contributed by atoms with E-state index in [-0.39, 0.29) is 24.4 Å². The minimum absolute atomic E-state index is 0.0568. The summed E-state index contributed by atoms with van der Waals surface area (Å²) in [4.78, 5) is 16.9. The summed E-state index contributed by atoms with van der Waals surface area (Å²) in [5, 5.41) is 8.54. The number of carbonyl (C=O) groups is 1. The van der Waals surface area contributed by atoms with Crippen LogP contribution >= 0.6 is 0 Å². The van der Waals surface area contributed by atoms with E-state index < -0.39 is 35.3 Å². The molecule has 2 amide bonds. The van der Waals surface area contributed by atoms with Gasteiger partial charge >= 0.3 is 6.03 Å². The molecule has 3 N–H and O–H groups in total. The number of hydrogen-bond acceptors (Lipinski definition) is 4. The van der Waals surface area contributed by atoms with Gasteiger partial charge in [-0.3, -0.25) is 4.99 Å². The number of aliphatic imine (C=N–C) groups is 1. The zero-order valence-corrected chi connectivity index (χ0v) is 18.3. The number of hydrogen-bond donors (Lipinski definition) is 3.